The van der Waals surface area contributed by atoms with Crippen LogP contribution in [-0.4, -0.2) is 11.4 Å². The van der Waals surface area contributed by atoms with Gasteiger partial charge in [0.1, 0.15) is 11.4 Å². The second kappa shape index (κ2) is 2.72. The highest BCUT2D eigenvalue weighted by atomic mass is 16.5. The van der Waals surface area contributed by atoms with Gasteiger partial charge in [-0.2, -0.15) is 0 Å². The van der Waals surface area contributed by atoms with Crippen LogP contribution in [-0.2, 0) is 9.53 Å². The minimum absolute atomic E-state index is 0.230. The van der Waals surface area contributed by atoms with E-state index in [1.165, 1.54) is 0 Å². The zero-order valence-electron chi connectivity index (χ0n) is 8.09. The van der Waals surface area contributed by atoms with E-state index >= 15 is 0 Å². The molecule has 0 fully saturated rings. The Kier molecular flexibility index (Phi) is 1.79. The zero-order valence-corrected chi connectivity index (χ0v) is 8.09. The molecule has 0 saturated carbocycles. The van der Waals surface area contributed by atoms with Crippen LogP contribution in [0.3, 0.4) is 0 Å². The van der Waals surface area contributed by atoms with Crippen molar-refractivity contribution in [2.75, 3.05) is 0 Å². The first-order valence-electron chi connectivity index (χ1n) is 4.73. The summed E-state index contributed by atoms with van der Waals surface area (Å²) in [6.45, 7) is 4.01. The monoisotopic (exact) mass is 178 g/mol. The molecule has 2 nitrogen and oxygen atoms in total. The minimum atomic E-state index is -0.240. The van der Waals surface area contributed by atoms with E-state index in [9.17, 15) is 4.79 Å². The molecule has 2 heteroatoms. The third-order valence-corrected chi connectivity index (χ3v) is 2.45. The summed E-state index contributed by atoms with van der Waals surface area (Å²) in [4.78, 5) is 11.5. The predicted octanol–water partition coefficient (Wildman–Crippen LogP) is 2.36. The Morgan fingerprint density at radius 3 is 2.92 bits per heavy atom. The lowest BCUT2D eigenvalue weighted by Gasteiger charge is -2.31. The van der Waals surface area contributed by atoms with Gasteiger partial charge in [-0.25, -0.2) is 0 Å². The van der Waals surface area contributed by atoms with E-state index in [1.807, 2.05) is 26.0 Å². The number of carbonyl (C=O) groups excluding carboxylic acids is 1. The molecule has 1 heterocycles. The molecule has 2 aliphatic rings. The van der Waals surface area contributed by atoms with E-state index in [-0.39, 0.29) is 11.4 Å². The second-order valence-electron chi connectivity index (χ2n) is 4.15. The van der Waals surface area contributed by atoms with Gasteiger partial charge in [-0.3, -0.25) is 4.79 Å². The fraction of sp³-hybridized carbons (Fsp3) is 0.545. The van der Waals surface area contributed by atoms with E-state index in [2.05, 4.69) is 0 Å². The smallest absolute Gasteiger partial charge is 0.166 e. The first kappa shape index (κ1) is 8.54. The summed E-state index contributed by atoms with van der Waals surface area (Å²) in [5.41, 5.74) is 0.557. The maximum Gasteiger partial charge on any atom is 0.166 e. The zero-order chi connectivity index (χ0) is 9.47. The standard InChI is InChI=1S/C11H14O2/c1-11(2)7-6-8-9(12)4-3-5-10(8)13-11/h6-7H,3-5H2,1-2H3. The molecule has 0 atom stereocenters. The summed E-state index contributed by atoms with van der Waals surface area (Å²) in [5.74, 6) is 1.12. The molecule has 0 N–H and O–H groups in total. The topological polar surface area (TPSA) is 26.3 Å². The molecule has 13 heavy (non-hydrogen) atoms. The number of hydrogen-bond acceptors (Lipinski definition) is 2. The van der Waals surface area contributed by atoms with Crippen molar-refractivity contribution >= 4 is 5.78 Å². The number of rotatable bonds is 0. The van der Waals surface area contributed by atoms with Crippen LogP contribution < -0.4 is 0 Å². The summed E-state index contributed by atoms with van der Waals surface area (Å²) >= 11 is 0. The molecule has 0 unspecified atom stereocenters. The third-order valence-electron chi connectivity index (χ3n) is 2.45. The van der Waals surface area contributed by atoms with Crippen molar-refractivity contribution in [3.05, 3.63) is 23.5 Å². The third kappa shape index (κ3) is 1.53. The van der Waals surface area contributed by atoms with Gasteiger partial charge >= 0.3 is 0 Å². The van der Waals surface area contributed by atoms with Crippen molar-refractivity contribution in [2.24, 2.45) is 0 Å². The molecule has 0 aromatic heterocycles. The molecule has 1 aliphatic carbocycles. The average molecular weight is 178 g/mol. The van der Waals surface area contributed by atoms with Crippen LogP contribution in [0.2, 0.25) is 0 Å². The Labute approximate surface area is 78.3 Å². The second-order valence-corrected chi connectivity index (χ2v) is 4.15. The van der Waals surface area contributed by atoms with E-state index in [1.54, 1.807) is 0 Å². The van der Waals surface area contributed by atoms with Gasteiger partial charge < -0.3 is 4.74 Å². The normalized spacial score (nSPS) is 25.5. The number of ether oxygens (including phenoxy) is 1. The molecule has 0 aromatic carbocycles. The summed E-state index contributed by atoms with van der Waals surface area (Å²) in [6.07, 6.45) is 6.39. The van der Waals surface area contributed by atoms with Gasteiger partial charge in [0.15, 0.2) is 5.78 Å². The quantitative estimate of drug-likeness (QED) is 0.569. The maximum absolute atomic E-state index is 11.5. The van der Waals surface area contributed by atoms with Crippen molar-refractivity contribution < 1.29 is 9.53 Å². The van der Waals surface area contributed by atoms with Crippen molar-refractivity contribution in [3.8, 4) is 0 Å². The Hall–Kier alpha value is -1.05. The molecule has 70 valence electrons. The van der Waals surface area contributed by atoms with Crippen LogP contribution in [0.15, 0.2) is 23.5 Å². The molecular formula is C11H14O2. The largest absolute Gasteiger partial charge is 0.487 e. The van der Waals surface area contributed by atoms with Crippen LogP contribution in [0, 0.1) is 0 Å². The first-order chi connectivity index (χ1) is 6.08. The lowest BCUT2D eigenvalue weighted by atomic mass is 9.92. The number of allylic oxidation sites excluding steroid dienone is 3. The Bertz CT molecular complexity index is 308. The van der Waals surface area contributed by atoms with E-state index < -0.39 is 0 Å². The van der Waals surface area contributed by atoms with Gasteiger partial charge in [0, 0.05) is 12.8 Å². The highest BCUT2D eigenvalue weighted by Gasteiger charge is 2.28. The summed E-state index contributed by atoms with van der Waals surface area (Å²) in [5, 5.41) is 0. The van der Waals surface area contributed by atoms with Gasteiger partial charge in [-0.05, 0) is 32.4 Å². The highest BCUT2D eigenvalue weighted by molar-refractivity contribution is 5.99. The molecule has 0 spiro atoms. The fourth-order valence-electron chi connectivity index (χ4n) is 1.76. The molecule has 2 rings (SSSR count). The predicted molar refractivity (Wildman–Crippen MR) is 50.2 cm³/mol. The Morgan fingerprint density at radius 1 is 1.38 bits per heavy atom. The van der Waals surface area contributed by atoms with E-state index in [0.29, 0.717) is 6.42 Å². The summed E-state index contributed by atoms with van der Waals surface area (Å²) < 4.78 is 5.72. The SMILES string of the molecule is CC1(C)C=CC2=C(CCCC2=O)O1. The average Bonchev–Trinajstić information content (AvgIpc) is 2.02. The van der Waals surface area contributed by atoms with E-state index in [4.69, 9.17) is 4.74 Å². The molecular weight excluding hydrogens is 164 g/mol. The van der Waals surface area contributed by atoms with Crippen molar-refractivity contribution in [2.45, 2.75) is 38.7 Å². The Balaban J connectivity index is 2.33. The fourth-order valence-corrected chi connectivity index (χ4v) is 1.76. The highest BCUT2D eigenvalue weighted by Crippen LogP contribution is 2.32. The van der Waals surface area contributed by atoms with Gasteiger partial charge in [0.25, 0.3) is 0 Å². The van der Waals surface area contributed by atoms with Gasteiger partial charge in [-0.1, -0.05) is 0 Å². The summed E-state index contributed by atoms with van der Waals surface area (Å²) in [7, 11) is 0. The molecule has 0 radical (unpaired) electrons. The molecule has 0 aromatic rings. The van der Waals surface area contributed by atoms with Gasteiger partial charge in [0.05, 0.1) is 5.57 Å². The van der Waals surface area contributed by atoms with Crippen molar-refractivity contribution in [3.63, 3.8) is 0 Å². The lowest BCUT2D eigenvalue weighted by molar-refractivity contribution is -0.116. The molecule has 1 aliphatic heterocycles. The first-order valence-corrected chi connectivity index (χ1v) is 4.73. The summed E-state index contributed by atoms with van der Waals surface area (Å²) in [6, 6.07) is 0. The lowest BCUT2D eigenvalue weighted by Crippen LogP contribution is -2.27. The van der Waals surface area contributed by atoms with Crippen molar-refractivity contribution in [1.29, 1.82) is 0 Å². The minimum Gasteiger partial charge on any atom is -0.487 e. The molecule has 0 saturated heterocycles. The number of Topliss-reactive ketones (excluding diaryl/α,β-unsaturated/α-hetero) is 1. The van der Waals surface area contributed by atoms with Crippen LogP contribution >= 0.6 is 0 Å². The van der Waals surface area contributed by atoms with Crippen LogP contribution in [0.1, 0.15) is 33.1 Å². The molecule has 0 amide bonds. The Morgan fingerprint density at radius 2 is 2.15 bits per heavy atom. The number of hydrogen-bond donors (Lipinski definition) is 0. The number of carbonyl (C=O) groups is 1. The van der Waals surface area contributed by atoms with Crippen molar-refractivity contribution in [1.82, 2.24) is 0 Å². The van der Waals surface area contributed by atoms with Gasteiger partial charge in [0.2, 0.25) is 0 Å². The maximum atomic E-state index is 11.5. The number of ketones is 1. The van der Waals surface area contributed by atoms with Crippen LogP contribution in [0.4, 0.5) is 0 Å². The van der Waals surface area contributed by atoms with Crippen LogP contribution in [0.5, 0.6) is 0 Å². The van der Waals surface area contributed by atoms with Gasteiger partial charge in [-0.15, -0.1) is 0 Å². The van der Waals surface area contributed by atoms with Crippen LogP contribution in [0.25, 0.3) is 0 Å². The van der Waals surface area contributed by atoms with E-state index in [0.717, 1.165) is 24.2 Å². The molecule has 0 bridgehead atoms.